The van der Waals surface area contributed by atoms with Gasteiger partial charge in [0.1, 0.15) is 23.1 Å². The fraction of sp³-hybridized carbons (Fsp3) is 0.250. The Labute approximate surface area is 109 Å². The van der Waals surface area contributed by atoms with E-state index in [-0.39, 0.29) is 0 Å². The normalized spacial score (nSPS) is 10.5. The van der Waals surface area contributed by atoms with Gasteiger partial charge in [-0.05, 0) is 24.3 Å². The lowest BCUT2D eigenvalue weighted by Gasteiger charge is -2.06. The molecule has 5 nitrogen and oxygen atoms in total. The van der Waals surface area contributed by atoms with Crippen LogP contribution in [0.1, 0.15) is 0 Å². The van der Waals surface area contributed by atoms with Crippen molar-refractivity contribution in [2.75, 3.05) is 31.8 Å². The zero-order chi connectivity index (χ0) is 13.0. The summed E-state index contributed by atoms with van der Waals surface area (Å²) in [6, 6.07) is 7.57. The van der Waals surface area contributed by atoms with Gasteiger partial charge in [0.05, 0.1) is 6.61 Å². The Morgan fingerprint density at radius 3 is 2.44 bits per heavy atom. The molecule has 0 amide bonds. The van der Waals surface area contributed by atoms with E-state index in [4.69, 9.17) is 20.9 Å². The number of nitrogen functional groups attached to an aromatic ring is 2. The number of benzene rings is 1. The quantitative estimate of drug-likeness (QED) is 0.808. The first-order valence-electron chi connectivity index (χ1n) is 5.44. The molecule has 0 unspecified atom stereocenters. The van der Waals surface area contributed by atoms with Gasteiger partial charge in [0.25, 0.3) is 0 Å². The van der Waals surface area contributed by atoms with Crippen LogP contribution in [-0.4, -0.2) is 25.3 Å². The molecule has 18 heavy (non-hydrogen) atoms. The molecule has 6 heteroatoms. The minimum Gasteiger partial charge on any atom is -0.491 e. The van der Waals surface area contributed by atoms with Crippen LogP contribution in [0, 0.1) is 0 Å². The maximum absolute atomic E-state index is 5.84. The topological polar surface area (TPSA) is 83.4 Å². The third-order valence-electron chi connectivity index (χ3n) is 2.35. The van der Waals surface area contributed by atoms with E-state index in [1.54, 1.807) is 7.11 Å². The smallest absolute Gasteiger partial charge is 0.182 e. The largest absolute Gasteiger partial charge is 0.491 e. The average molecular weight is 265 g/mol. The molecule has 2 aromatic rings. The van der Waals surface area contributed by atoms with Gasteiger partial charge in [0.2, 0.25) is 0 Å². The Balaban J connectivity index is 2.10. The van der Waals surface area contributed by atoms with E-state index < -0.39 is 0 Å². The summed E-state index contributed by atoms with van der Waals surface area (Å²) in [5, 5.41) is 1.10. The molecule has 0 atom stereocenters. The Bertz CT molecular complexity index is 511. The van der Waals surface area contributed by atoms with Crippen molar-refractivity contribution in [1.29, 1.82) is 0 Å². The molecule has 0 aliphatic heterocycles. The molecule has 0 spiro atoms. The van der Waals surface area contributed by atoms with Crippen LogP contribution in [0.5, 0.6) is 5.75 Å². The Kier molecular flexibility index (Phi) is 4.01. The van der Waals surface area contributed by atoms with Crippen LogP contribution in [0.4, 0.5) is 10.1 Å². The Morgan fingerprint density at radius 2 is 1.89 bits per heavy atom. The number of hydrogen-bond acceptors (Lipinski definition) is 6. The number of aromatic nitrogens is 1. The summed E-state index contributed by atoms with van der Waals surface area (Å²) >= 11 is 1.28. The summed E-state index contributed by atoms with van der Waals surface area (Å²) in [4.78, 5) is 4.20. The lowest BCUT2D eigenvalue weighted by molar-refractivity contribution is 0.146. The summed E-state index contributed by atoms with van der Waals surface area (Å²) in [7, 11) is 1.64. The number of hydrogen-bond donors (Lipinski definition) is 2. The molecular weight excluding hydrogens is 250 g/mol. The minimum absolute atomic E-state index is 0.475. The van der Waals surface area contributed by atoms with Gasteiger partial charge in [-0.3, -0.25) is 0 Å². The van der Waals surface area contributed by atoms with Crippen LogP contribution in [0.25, 0.3) is 11.3 Å². The number of ether oxygens (including phenoxy) is 2. The second kappa shape index (κ2) is 5.70. The molecule has 0 aliphatic rings. The number of anilines is 2. The summed E-state index contributed by atoms with van der Waals surface area (Å²) in [6.07, 6.45) is 0. The van der Waals surface area contributed by atoms with Crippen LogP contribution >= 0.6 is 11.3 Å². The van der Waals surface area contributed by atoms with Gasteiger partial charge in [-0.25, -0.2) is 4.98 Å². The lowest BCUT2D eigenvalue weighted by Crippen LogP contribution is -2.03. The van der Waals surface area contributed by atoms with E-state index in [1.165, 1.54) is 11.3 Å². The molecule has 1 aromatic carbocycles. The Hall–Kier alpha value is -1.79. The van der Waals surface area contributed by atoms with Crippen molar-refractivity contribution in [2.24, 2.45) is 0 Å². The first-order valence-corrected chi connectivity index (χ1v) is 6.26. The molecule has 0 aliphatic carbocycles. The van der Waals surface area contributed by atoms with Crippen molar-refractivity contribution in [3.8, 4) is 17.0 Å². The highest BCUT2D eigenvalue weighted by Gasteiger charge is 2.08. The van der Waals surface area contributed by atoms with Gasteiger partial charge in [-0.2, -0.15) is 0 Å². The zero-order valence-electron chi connectivity index (χ0n) is 10.1. The van der Waals surface area contributed by atoms with Crippen LogP contribution in [0.15, 0.2) is 24.3 Å². The molecule has 0 bridgehead atoms. The van der Waals surface area contributed by atoms with Gasteiger partial charge in [0.15, 0.2) is 5.13 Å². The fourth-order valence-corrected chi connectivity index (χ4v) is 2.13. The summed E-state index contributed by atoms with van der Waals surface area (Å²) < 4.78 is 10.4. The molecule has 4 N–H and O–H groups in total. The number of rotatable bonds is 5. The highest BCUT2D eigenvalue weighted by atomic mass is 32.1. The number of thiazole rings is 1. The molecule has 1 heterocycles. The molecule has 0 saturated carbocycles. The fourth-order valence-electron chi connectivity index (χ4n) is 1.51. The Morgan fingerprint density at radius 1 is 1.17 bits per heavy atom. The predicted octanol–water partition coefficient (Wildman–Crippen LogP) is 2.00. The molecular formula is C12H15N3O2S. The number of nitrogens with two attached hydrogens (primary N) is 2. The second-order valence-corrected chi connectivity index (χ2v) is 4.69. The standard InChI is InChI=1S/C12H15N3O2S/c1-16-6-7-17-9-4-2-8(3-5-9)10-11(13)18-12(14)15-10/h2-5H,6-7,13H2,1H3,(H2,14,15). The first-order chi connectivity index (χ1) is 8.70. The van der Waals surface area contributed by atoms with Gasteiger partial charge in [0, 0.05) is 12.7 Å². The van der Waals surface area contributed by atoms with Gasteiger partial charge < -0.3 is 20.9 Å². The number of methoxy groups -OCH3 is 1. The van der Waals surface area contributed by atoms with Crippen molar-refractivity contribution in [3.63, 3.8) is 0 Å². The monoisotopic (exact) mass is 265 g/mol. The molecule has 0 radical (unpaired) electrons. The number of nitrogens with zero attached hydrogens (tertiary/aromatic N) is 1. The third kappa shape index (κ3) is 2.91. The SMILES string of the molecule is COCCOc1ccc(-c2nc(N)sc2N)cc1. The van der Waals surface area contributed by atoms with Crippen LogP contribution in [0.2, 0.25) is 0 Å². The maximum atomic E-state index is 5.84. The molecule has 1 aromatic heterocycles. The maximum Gasteiger partial charge on any atom is 0.182 e. The molecule has 2 rings (SSSR count). The molecule has 96 valence electrons. The van der Waals surface area contributed by atoms with Crippen molar-refractivity contribution < 1.29 is 9.47 Å². The first kappa shape index (κ1) is 12.7. The van der Waals surface area contributed by atoms with E-state index in [2.05, 4.69) is 4.98 Å². The van der Waals surface area contributed by atoms with Gasteiger partial charge >= 0.3 is 0 Å². The second-order valence-electron chi connectivity index (χ2n) is 3.63. The van der Waals surface area contributed by atoms with E-state index in [1.807, 2.05) is 24.3 Å². The van der Waals surface area contributed by atoms with E-state index in [0.717, 1.165) is 17.0 Å². The van der Waals surface area contributed by atoms with Gasteiger partial charge in [-0.15, -0.1) is 0 Å². The van der Waals surface area contributed by atoms with Crippen LogP contribution < -0.4 is 16.2 Å². The molecule has 0 saturated heterocycles. The van der Waals surface area contributed by atoms with E-state index in [0.29, 0.717) is 23.3 Å². The van der Waals surface area contributed by atoms with Crippen LogP contribution in [0.3, 0.4) is 0 Å². The van der Waals surface area contributed by atoms with E-state index in [9.17, 15) is 0 Å². The van der Waals surface area contributed by atoms with Crippen molar-refractivity contribution in [2.45, 2.75) is 0 Å². The summed E-state index contributed by atoms with van der Waals surface area (Å²) in [6.45, 7) is 1.10. The average Bonchev–Trinajstić information content (AvgIpc) is 2.70. The molecule has 0 fully saturated rings. The third-order valence-corrected chi connectivity index (χ3v) is 3.07. The van der Waals surface area contributed by atoms with Crippen molar-refractivity contribution >= 4 is 21.5 Å². The predicted molar refractivity (Wildman–Crippen MR) is 73.7 cm³/mol. The highest BCUT2D eigenvalue weighted by Crippen LogP contribution is 2.32. The minimum atomic E-state index is 0.475. The van der Waals surface area contributed by atoms with E-state index >= 15 is 0 Å². The van der Waals surface area contributed by atoms with Crippen LogP contribution in [-0.2, 0) is 4.74 Å². The lowest BCUT2D eigenvalue weighted by atomic mass is 10.1. The van der Waals surface area contributed by atoms with Crippen molar-refractivity contribution in [3.05, 3.63) is 24.3 Å². The zero-order valence-corrected chi connectivity index (χ0v) is 10.9. The van der Waals surface area contributed by atoms with Crippen molar-refractivity contribution in [1.82, 2.24) is 4.98 Å². The summed E-state index contributed by atoms with van der Waals surface area (Å²) in [5.74, 6) is 0.789. The van der Waals surface area contributed by atoms with Gasteiger partial charge in [-0.1, -0.05) is 11.3 Å². The highest BCUT2D eigenvalue weighted by molar-refractivity contribution is 7.19. The summed E-state index contributed by atoms with van der Waals surface area (Å²) in [5.41, 5.74) is 13.1.